The van der Waals surface area contributed by atoms with Gasteiger partial charge in [-0.25, -0.2) is 0 Å². The lowest BCUT2D eigenvalue weighted by Crippen LogP contribution is -2.45. The molecule has 0 saturated heterocycles. The zero-order valence-electron chi connectivity index (χ0n) is 15.5. The van der Waals surface area contributed by atoms with Crippen molar-refractivity contribution >= 4 is 29.9 Å². The van der Waals surface area contributed by atoms with Crippen LogP contribution < -0.4 is 10.6 Å². The van der Waals surface area contributed by atoms with Crippen molar-refractivity contribution in [3.05, 3.63) is 54.2 Å². The van der Waals surface area contributed by atoms with Gasteiger partial charge in [-0.2, -0.15) is 0 Å². The van der Waals surface area contributed by atoms with Crippen molar-refractivity contribution in [1.82, 2.24) is 15.6 Å². The van der Waals surface area contributed by atoms with Crippen molar-refractivity contribution in [3.8, 4) is 0 Å². The molecule has 0 bridgehead atoms. The first kappa shape index (κ1) is 21.7. The fraction of sp³-hybridized carbons (Fsp3) is 0.500. The number of aliphatic hydroxyl groups is 1. The number of rotatable bonds is 7. The first-order valence-electron chi connectivity index (χ1n) is 9.46. The van der Waals surface area contributed by atoms with Gasteiger partial charge in [0, 0.05) is 31.4 Å². The highest BCUT2D eigenvalue weighted by molar-refractivity contribution is 14.0. The highest BCUT2D eigenvalue weighted by Crippen LogP contribution is 2.17. The summed E-state index contributed by atoms with van der Waals surface area (Å²) in [7, 11) is 0. The summed E-state index contributed by atoms with van der Waals surface area (Å²) >= 11 is 0. The van der Waals surface area contributed by atoms with Crippen LogP contribution in [0.25, 0.3) is 0 Å². The molecule has 1 unspecified atom stereocenters. The predicted molar refractivity (Wildman–Crippen MR) is 117 cm³/mol. The molecule has 0 spiro atoms. The van der Waals surface area contributed by atoms with Crippen LogP contribution in [0.5, 0.6) is 0 Å². The number of pyridine rings is 1. The molecule has 1 aliphatic carbocycles. The van der Waals surface area contributed by atoms with E-state index in [1.165, 1.54) is 32.1 Å². The topological polar surface area (TPSA) is 82.7 Å². The lowest BCUT2D eigenvalue weighted by atomic mass is 9.96. The smallest absolute Gasteiger partial charge is 0.191 e. The van der Waals surface area contributed by atoms with Crippen LogP contribution in [0, 0.1) is 0 Å². The summed E-state index contributed by atoms with van der Waals surface area (Å²) in [6, 6.07) is 7.96. The van der Waals surface area contributed by atoms with Gasteiger partial charge in [0.15, 0.2) is 5.96 Å². The average molecular weight is 484 g/mol. The third-order valence-corrected chi connectivity index (χ3v) is 4.70. The van der Waals surface area contributed by atoms with Crippen LogP contribution in [-0.4, -0.2) is 35.2 Å². The third-order valence-electron chi connectivity index (χ3n) is 4.70. The number of furan rings is 1. The van der Waals surface area contributed by atoms with Gasteiger partial charge in [0.1, 0.15) is 5.76 Å². The number of nitrogens with one attached hydrogen (secondary N) is 2. The molecule has 148 valence electrons. The molecule has 2 heterocycles. The number of hydrogen-bond acceptors (Lipinski definition) is 4. The van der Waals surface area contributed by atoms with Crippen LogP contribution in [-0.2, 0) is 6.42 Å². The van der Waals surface area contributed by atoms with Crippen LogP contribution in [0.3, 0.4) is 0 Å². The van der Waals surface area contributed by atoms with E-state index < -0.39 is 6.10 Å². The summed E-state index contributed by atoms with van der Waals surface area (Å²) in [6.45, 7) is 1.05. The highest BCUT2D eigenvalue weighted by Gasteiger charge is 2.15. The lowest BCUT2D eigenvalue weighted by molar-refractivity contribution is 0.187. The number of halogens is 1. The molecule has 0 aromatic carbocycles. The molecule has 2 aromatic heterocycles. The van der Waals surface area contributed by atoms with E-state index in [0.717, 1.165) is 30.2 Å². The molecule has 1 fully saturated rings. The molecule has 1 aliphatic rings. The summed E-state index contributed by atoms with van der Waals surface area (Å²) in [4.78, 5) is 8.59. The normalized spacial score (nSPS) is 16.4. The Labute approximate surface area is 177 Å². The van der Waals surface area contributed by atoms with Crippen molar-refractivity contribution < 1.29 is 9.52 Å². The maximum Gasteiger partial charge on any atom is 0.191 e. The molecule has 2 aromatic rings. The van der Waals surface area contributed by atoms with E-state index in [9.17, 15) is 5.11 Å². The van der Waals surface area contributed by atoms with Gasteiger partial charge in [0.25, 0.3) is 0 Å². The second-order valence-electron chi connectivity index (χ2n) is 6.72. The van der Waals surface area contributed by atoms with Crippen molar-refractivity contribution in [2.24, 2.45) is 4.99 Å². The van der Waals surface area contributed by atoms with Gasteiger partial charge in [-0.1, -0.05) is 19.3 Å². The van der Waals surface area contributed by atoms with Crippen LogP contribution in [0.4, 0.5) is 0 Å². The molecule has 27 heavy (non-hydrogen) atoms. The van der Waals surface area contributed by atoms with E-state index in [4.69, 9.17) is 4.42 Å². The van der Waals surface area contributed by atoms with Crippen molar-refractivity contribution in [2.45, 2.75) is 50.7 Å². The van der Waals surface area contributed by atoms with E-state index in [0.29, 0.717) is 12.6 Å². The Morgan fingerprint density at radius 1 is 1.22 bits per heavy atom. The molecule has 3 rings (SSSR count). The van der Waals surface area contributed by atoms with Crippen molar-refractivity contribution in [1.29, 1.82) is 0 Å². The lowest BCUT2D eigenvalue weighted by Gasteiger charge is -2.25. The van der Waals surface area contributed by atoms with Gasteiger partial charge < -0.3 is 20.2 Å². The Kier molecular flexibility index (Phi) is 9.61. The van der Waals surface area contributed by atoms with Gasteiger partial charge in [-0.15, -0.1) is 24.0 Å². The summed E-state index contributed by atoms with van der Waals surface area (Å²) < 4.78 is 5.38. The first-order valence-corrected chi connectivity index (χ1v) is 9.46. The molecule has 6 nitrogen and oxygen atoms in total. The summed E-state index contributed by atoms with van der Waals surface area (Å²) in [5.41, 5.74) is 0.830. The Balaban J connectivity index is 0.00000261. The quantitative estimate of drug-likeness (QED) is 0.319. The fourth-order valence-electron chi connectivity index (χ4n) is 3.22. The largest absolute Gasteiger partial charge is 0.469 e. The SMILES string of the molecule is I.OC(CN=C(NCCc1ccco1)NC1CCCCC1)c1ccncc1. The number of aliphatic imine (C=N–C) groups is 1. The highest BCUT2D eigenvalue weighted by atomic mass is 127. The number of aromatic nitrogens is 1. The molecule has 1 atom stereocenters. The van der Waals surface area contributed by atoms with Crippen LogP contribution in [0.15, 0.2) is 52.3 Å². The maximum absolute atomic E-state index is 10.3. The molecule has 3 N–H and O–H groups in total. The summed E-state index contributed by atoms with van der Waals surface area (Å²) in [5.74, 6) is 1.71. The third kappa shape index (κ3) is 7.50. The molecular weight excluding hydrogens is 455 g/mol. The van der Waals surface area contributed by atoms with Crippen molar-refractivity contribution in [3.63, 3.8) is 0 Å². The monoisotopic (exact) mass is 484 g/mol. The maximum atomic E-state index is 10.3. The Hall–Kier alpha value is -1.61. The zero-order valence-corrected chi connectivity index (χ0v) is 17.8. The van der Waals surface area contributed by atoms with E-state index >= 15 is 0 Å². The van der Waals surface area contributed by atoms with Gasteiger partial charge in [-0.3, -0.25) is 9.98 Å². The Morgan fingerprint density at radius 3 is 2.70 bits per heavy atom. The fourth-order valence-corrected chi connectivity index (χ4v) is 3.22. The number of guanidine groups is 1. The van der Waals surface area contributed by atoms with Gasteiger partial charge >= 0.3 is 0 Å². The van der Waals surface area contributed by atoms with Crippen LogP contribution >= 0.6 is 24.0 Å². The standard InChI is InChI=1S/C20H28N4O2.HI/c25-19(16-8-11-21-12-9-16)15-23-20(24-17-5-2-1-3-6-17)22-13-10-18-7-4-14-26-18;/h4,7-9,11-12,14,17,19,25H,1-3,5-6,10,13,15H2,(H2,22,23,24);1H. The summed E-state index contributed by atoms with van der Waals surface area (Å²) in [6.07, 6.45) is 11.4. The number of hydrogen-bond donors (Lipinski definition) is 3. The predicted octanol–water partition coefficient (Wildman–Crippen LogP) is 3.44. The molecule has 7 heteroatoms. The summed E-state index contributed by atoms with van der Waals surface area (Å²) in [5, 5.41) is 17.2. The van der Waals surface area contributed by atoms with Gasteiger partial charge in [0.05, 0.1) is 18.9 Å². The Morgan fingerprint density at radius 2 is 2.00 bits per heavy atom. The number of aliphatic hydroxyl groups excluding tert-OH is 1. The van der Waals surface area contributed by atoms with Gasteiger partial charge in [0.2, 0.25) is 0 Å². The second kappa shape index (κ2) is 12.0. The number of nitrogens with zero attached hydrogens (tertiary/aromatic N) is 2. The van der Waals surface area contributed by atoms with Crippen LogP contribution in [0.2, 0.25) is 0 Å². The molecule has 1 saturated carbocycles. The van der Waals surface area contributed by atoms with E-state index in [-0.39, 0.29) is 24.0 Å². The Bertz CT molecular complexity index is 658. The molecular formula is C20H29IN4O2. The average Bonchev–Trinajstić information content (AvgIpc) is 3.21. The van der Waals surface area contributed by atoms with E-state index in [2.05, 4.69) is 20.6 Å². The first-order chi connectivity index (χ1) is 12.8. The minimum Gasteiger partial charge on any atom is -0.469 e. The molecule has 0 aliphatic heterocycles. The van der Waals surface area contributed by atoms with Gasteiger partial charge in [-0.05, 0) is 42.7 Å². The minimum absolute atomic E-state index is 0. The minimum atomic E-state index is -0.631. The molecule has 0 amide bonds. The zero-order chi connectivity index (χ0) is 18.0. The van der Waals surface area contributed by atoms with Crippen molar-refractivity contribution in [2.75, 3.05) is 13.1 Å². The van der Waals surface area contributed by atoms with E-state index in [1.807, 2.05) is 24.3 Å². The molecule has 0 radical (unpaired) electrons. The van der Waals surface area contributed by atoms with E-state index in [1.54, 1.807) is 18.7 Å². The van der Waals surface area contributed by atoms with Crippen LogP contribution in [0.1, 0.15) is 49.5 Å². The second-order valence-corrected chi connectivity index (χ2v) is 6.72.